The number of rotatable bonds is 3. The van der Waals surface area contributed by atoms with Crippen LogP contribution in [0.25, 0.3) is 0 Å². The molecular formula is C12H19NO3. The minimum Gasteiger partial charge on any atom is -0.481 e. The van der Waals surface area contributed by atoms with Gasteiger partial charge in [-0.1, -0.05) is 32.9 Å². The molecule has 1 rings (SSSR count). The van der Waals surface area contributed by atoms with Gasteiger partial charge in [-0.15, -0.1) is 0 Å². The standard InChI is InChI=1S/C12H19NO3/c1-12(2,3)7-10(14)13-9-5-4-8(6-9)11(15)16/h4-5,8-9H,6-7H2,1-3H3,(H,13,14)(H,15,16). The smallest absolute Gasteiger partial charge is 0.310 e. The lowest BCUT2D eigenvalue weighted by Gasteiger charge is -2.19. The third-order valence-electron chi connectivity index (χ3n) is 2.44. The van der Waals surface area contributed by atoms with Crippen molar-refractivity contribution in [1.82, 2.24) is 5.32 Å². The van der Waals surface area contributed by atoms with Crippen LogP contribution in [0.3, 0.4) is 0 Å². The first kappa shape index (κ1) is 12.7. The SMILES string of the molecule is CC(C)(C)CC(=O)NC1C=CC(C(=O)O)C1. The number of aliphatic carboxylic acids is 1. The van der Waals surface area contributed by atoms with E-state index in [2.05, 4.69) is 5.32 Å². The van der Waals surface area contributed by atoms with Gasteiger partial charge in [-0.25, -0.2) is 0 Å². The quantitative estimate of drug-likeness (QED) is 0.716. The van der Waals surface area contributed by atoms with Crippen LogP contribution in [0.5, 0.6) is 0 Å². The van der Waals surface area contributed by atoms with Gasteiger partial charge in [0.05, 0.1) is 5.92 Å². The summed E-state index contributed by atoms with van der Waals surface area (Å²) in [5.74, 6) is -1.31. The summed E-state index contributed by atoms with van der Waals surface area (Å²) in [6, 6.07) is -0.129. The number of nitrogens with one attached hydrogen (secondary N) is 1. The van der Waals surface area contributed by atoms with Gasteiger partial charge < -0.3 is 10.4 Å². The number of amides is 1. The fraction of sp³-hybridized carbons (Fsp3) is 0.667. The molecule has 0 radical (unpaired) electrons. The molecule has 16 heavy (non-hydrogen) atoms. The van der Waals surface area contributed by atoms with Crippen molar-refractivity contribution in [3.63, 3.8) is 0 Å². The molecule has 4 nitrogen and oxygen atoms in total. The molecule has 2 N–H and O–H groups in total. The molecule has 1 amide bonds. The Labute approximate surface area is 95.7 Å². The fourth-order valence-corrected chi connectivity index (χ4v) is 1.73. The summed E-state index contributed by atoms with van der Waals surface area (Å²) in [6.07, 6.45) is 4.32. The van der Waals surface area contributed by atoms with Gasteiger partial charge in [-0.3, -0.25) is 9.59 Å². The van der Waals surface area contributed by atoms with Gasteiger partial charge in [0, 0.05) is 12.5 Å². The molecular weight excluding hydrogens is 206 g/mol. The van der Waals surface area contributed by atoms with Crippen molar-refractivity contribution in [3.05, 3.63) is 12.2 Å². The van der Waals surface area contributed by atoms with Crippen LogP contribution in [0.2, 0.25) is 0 Å². The molecule has 0 aliphatic heterocycles. The number of carbonyl (C=O) groups is 2. The molecule has 1 aliphatic carbocycles. The minimum absolute atomic E-state index is 0.0202. The van der Waals surface area contributed by atoms with E-state index in [0.29, 0.717) is 12.8 Å². The van der Waals surface area contributed by atoms with E-state index < -0.39 is 11.9 Å². The molecule has 4 heteroatoms. The molecule has 0 bridgehead atoms. The van der Waals surface area contributed by atoms with Crippen molar-refractivity contribution in [2.24, 2.45) is 11.3 Å². The van der Waals surface area contributed by atoms with Crippen molar-refractivity contribution in [1.29, 1.82) is 0 Å². The maximum absolute atomic E-state index is 11.6. The van der Waals surface area contributed by atoms with Crippen LogP contribution in [0.1, 0.15) is 33.6 Å². The lowest BCUT2D eigenvalue weighted by atomic mass is 9.92. The zero-order chi connectivity index (χ0) is 12.3. The Kier molecular flexibility index (Phi) is 3.73. The number of carbonyl (C=O) groups excluding carboxylic acids is 1. The van der Waals surface area contributed by atoms with Crippen molar-refractivity contribution >= 4 is 11.9 Å². The molecule has 0 aromatic carbocycles. The van der Waals surface area contributed by atoms with Crippen molar-refractivity contribution in [2.75, 3.05) is 0 Å². The van der Waals surface area contributed by atoms with Crippen molar-refractivity contribution < 1.29 is 14.7 Å². The Hall–Kier alpha value is -1.32. The lowest BCUT2D eigenvalue weighted by Crippen LogP contribution is -2.35. The van der Waals surface area contributed by atoms with E-state index in [1.165, 1.54) is 0 Å². The van der Waals surface area contributed by atoms with E-state index in [9.17, 15) is 9.59 Å². The lowest BCUT2D eigenvalue weighted by molar-refractivity contribution is -0.140. The fourth-order valence-electron chi connectivity index (χ4n) is 1.73. The largest absolute Gasteiger partial charge is 0.481 e. The Balaban J connectivity index is 2.38. The Bertz CT molecular complexity index is 315. The van der Waals surface area contributed by atoms with Gasteiger partial charge in [0.1, 0.15) is 0 Å². The minimum atomic E-state index is -0.830. The topological polar surface area (TPSA) is 66.4 Å². The second kappa shape index (κ2) is 4.68. The summed E-state index contributed by atoms with van der Waals surface area (Å²) in [6.45, 7) is 5.99. The summed E-state index contributed by atoms with van der Waals surface area (Å²) in [4.78, 5) is 22.3. The van der Waals surface area contributed by atoms with Crippen LogP contribution in [-0.4, -0.2) is 23.0 Å². The molecule has 0 heterocycles. The Morgan fingerprint density at radius 3 is 2.44 bits per heavy atom. The first-order valence-corrected chi connectivity index (χ1v) is 5.48. The monoisotopic (exact) mass is 225 g/mol. The third kappa shape index (κ3) is 4.04. The van der Waals surface area contributed by atoms with Crippen molar-refractivity contribution in [3.8, 4) is 0 Å². The van der Waals surface area contributed by atoms with E-state index >= 15 is 0 Å². The maximum atomic E-state index is 11.6. The van der Waals surface area contributed by atoms with Gasteiger partial charge in [0.25, 0.3) is 0 Å². The van der Waals surface area contributed by atoms with Gasteiger partial charge in [-0.05, 0) is 11.8 Å². The highest BCUT2D eigenvalue weighted by Gasteiger charge is 2.26. The molecule has 0 aromatic heterocycles. The molecule has 90 valence electrons. The van der Waals surface area contributed by atoms with E-state index in [4.69, 9.17) is 5.11 Å². The molecule has 2 atom stereocenters. The van der Waals surface area contributed by atoms with Gasteiger partial charge in [0.15, 0.2) is 0 Å². The van der Waals surface area contributed by atoms with E-state index in [1.807, 2.05) is 20.8 Å². The molecule has 0 spiro atoms. The van der Waals surface area contributed by atoms with Crippen LogP contribution in [-0.2, 0) is 9.59 Å². The van der Waals surface area contributed by atoms with Crippen LogP contribution in [0, 0.1) is 11.3 Å². The summed E-state index contributed by atoms with van der Waals surface area (Å²) >= 11 is 0. The summed E-state index contributed by atoms with van der Waals surface area (Å²) in [5.41, 5.74) is -0.0431. The average molecular weight is 225 g/mol. The second-order valence-corrected chi connectivity index (χ2v) is 5.48. The summed E-state index contributed by atoms with van der Waals surface area (Å²) in [5, 5.41) is 11.6. The van der Waals surface area contributed by atoms with Crippen LogP contribution in [0.15, 0.2) is 12.2 Å². The average Bonchev–Trinajstić information content (AvgIpc) is 2.48. The molecule has 0 saturated heterocycles. The highest BCUT2D eigenvalue weighted by Crippen LogP contribution is 2.21. The number of hydrogen-bond donors (Lipinski definition) is 2. The number of hydrogen-bond acceptors (Lipinski definition) is 2. The summed E-state index contributed by atoms with van der Waals surface area (Å²) in [7, 11) is 0. The molecule has 0 saturated carbocycles. The molecule has 0 fully saturated rings. The molecule has 1 aliphatic rings. The van der Waals surface area contributed by atoms with Crippen molar-refractivity contribution in [2.45, 2.75) is 39.7 Å². The maximum Gasteiger partial charge on any atom is 0.310 e. The zero-order valence-corrected chi connectivity index (χ0v) is 9.99. The van der Waals surface area contributed by atoms with Gasteiger partial charge >= 0.3 is 5.97 Å². The first-order valence-electron chi connectivity index (χ1n) is 5.48. The van der Waals surface area contributed by atoms with Crippen LogP contribution < -0.4 is 5.32 Å². The molecule has 0 aromatic rings. The van der Waals surface area contributed by atoms with Gasteiger partial charge in [0.2, 0.25) is 5.91 Å². The third-order valence-corrected chi connectivity index (χ3v) is 2.44. The number of carboxylic acid groups (broad SMARTS) is 1. The normalized spacial score (nSPS) is 24.4. The number of carboxylic acids is 1. The van der Waals surface area contributed by atoms with Crippen LogP contribution in [0.4, 0.5) is 0 Å². The Morgan fingerprint density at radius 1 is 1.38 bits per heavy atom. The first-order chi connectivity index (χ1) is 7.28. The van der Waals surface area contributed by atoms with E-state index in [-0.39, 0.29) is 17.4 Å². The van der Waals surface area contributed by atoms with E-state index in [1.54, 1.807) is 12.2 Å². The second-order valence-electron chi connectivity index (χ2n) is 5.48. The zero-order valence-electron chi connectivity index (χ0n) is 9.99. The van der Waals surface area contributed by atoms with Crippen LogP contribution >= 0.6 is 0 Å². The molecule has 2 unspecified atom stereocenters. The predicted molar refractivity (Wildman–Crippen MR) is 60.9 cm³/mol. The Morgan fingerprint density at radius 2 is 2.00 bits per heavy atom. The van der Waals surface area contributed by atoms with Gasteiger partial charge in [-0.2, -0.15) is 0 Å². The summed E-state index contributed by atoms with van der Waals surface area (Å²) < 4.78 is 0. The van der Waals surface area contributed by atoms with E-state index in [0.717, 1.165) is 0 Å². The highest BCUT2D eigenvalue weighted by atomic mass is 16.4. The predicted octanol–water partition coefficient (Wildman–Crippen LogP) is 1.57. The highest BCUT2D eigenvalue weighted by molar-refractivity contribution is 5.78.